The monoisotopic (exact) mass is 386 g/mol. The fraction of sp³-hybridized carbons (Fsp3) is 0.158. The molecule has 7 nitrogen and oxygen atoms in total. The van der Waals surface area contributed by atoms with Crippen molar-refractivity contribution in [2.75, 3.05) is 24.4 Å². The van der Waals surface area contributed by atoms with Gasteiger partial charge in [-0.05, 0) is 12.1 Å². The van der Waals surface area contributed by atoms with E-state index in [-0.39, 0.29) is 29.9 Å². The first-order chi connectivity index (χ1) is 13.1. The molecule has 4 rings (SSSR count). The van der Waals surface area contributed by atoms with Crippen LogP contribution in [0.3, 0.4) is 0 Å². The smallest absolute Gasteiger partial charge is 0.291 e. The molecule has 0 fully saturated rings. The van der Waals surface area contributed by atoms with Crippen LogP contribution in [0.5, 0.6) is 5.75 Å². The summed E-state index contributed by atoms with van der Waals surface area (Å²) in [6, 6.07) is 10.4. The maximum Gasteiger partial charge on any atom is 0.291 e. The zero-order valence-corrected chi connectivity index (χ0v) is 15.1. The van der Waals surface area contributed by atoms with Crippen molar-refractivity contribution in [2.45, 2.75) is 6.61 Å². The van der Waals surface area contributed by atoms with E-state index in [1.165, 1.54) is 6.07 Å². The first-order valence-electron chi connectivity index (χ1n) is 8.13. The number of ether oxygens (including phenoxy) is 2. The molecule has 1 aliphatic heterocycles. The molecule has 0 radical (unpaired) electrons. The van der Waals surface area contributed by atoms with Crippen molar-refractivity contribution in [2.24, 2.45) is 0 Å². The Bertz CT molecular complexity index is 1060. The summed E-state index contributed by atoms with van der Waals surface area (Å²) in [5.41, 5.74) is 2.05. The van der Waals surface area contributed by atoms with Crippen molar-refractivity contribution in [3.8, 4) is 5.75 Å². The minimum absolute atomic E-state index is 0.0937. The van der Waals surface area contributed by atoms with E-state index in [0.29, 0.717) is 28.3 Å². The Balaban J connectivity index is 1.68. The minimum Gasteiger partial charge on any atom is -0.482 e. The lowest BCUT2D eigenvalue weighted by atomic mass is 10.1. The number of halogens is 1. The van der Waals surface area contributed by atoms with Crippen LogP contribution >= 0.6 is 11.6 Å². The van der Waals surface area contributed by atoms with Crippen LogP contribution in [-0.2, 0) is 16.1 Å². The van der Waals surface area contributed by atoms with Crippen LogP contribution < -0.4 is 15.4 Å². The van der Waals surface area contributed by atoms with Gasteiger partial charge < -0.3 is 24.5 Å². The zero-order valence-electron chi connectivity index (χ0n) is 14.3. The van der Waals surface area contributed by atoms with Crippen molar-refractivity contribution in [1.82, 2.24) is 0 Å². The molecule has 0 atom stereocenters. The van der Waals surface area contributed by atoms with Gasteiger partial charge in [0, 0.05) is 24.1 Å². The van der Waals surface area contributed by atoms with E-state index in [0.717, 1.165) is 5.39 Å². The number of nitrogens with one attached hydrogen (secondary N) is 2. The molecular weight excluding hydrogens is 372 g/mol. The highest BCUT2D eigenvalue weighted by molar-refractivity contribution is 6.34. The molecule has 0 saturated heterocycles. The van der Waals surface area contributed by atoms with Crippen LogP contribution in [0.4, 0.5) is 11.4 Å². The number of methoxy groups -OCH3 is 1. The largest absolute Gasteiger partial charge is 0.482 e. The molecule has 2 amide bonds. The van der Waals surface area contributed by atoms with Gasteiger partial charge in [-0.3, -0.25) is 9.59 Å². The molecule has 2 aromatic carbocycles. The number of hydrogen-bond acceptors (Lipinski definition) is 5. The SMILES string of the molecule is COCc1c(C(=O)Nc2cc3c(cc2Cl)NC(=O)CO3)oc2ccccc12. The van der Waals surface area contributed by atoms with Gasteiger partial charge in [0.15, 0.2) is 12.4 Å². The second-order valence-electron chi connectivity index (χ2n) is 5.96. The predicted octanol–water partition coefficient (Wildman–Crippen LogP) is 3.82. The van der Waals surface area contributed by atoms with E-state index >= 15 is 0 Å². The molecule has 2 N–H and O–H groups in total. The first kappa shape index (κ1) is 17.4. The minimum atomic E-state index is -0.458. The number of anilines is 2. The van der Waals surface area contributed by atoms with Crippen LogP contribution in [-0.4, -0.2) is 25.5 Å². The lowest BCUT2D eigenvalue weighted by Crippen LogP contribution is -2.25. The average Bonchev–Trinajstić information content (AvgIpc) is 3.02. The molecule has 0 bridgehead atoms. The summed E-state index contributed by atoms with van der Waals surface area (Å²) >= 11 is 6.24. The number of amides is 2. The molecule has 0 unspecified atom stereocenters. The highest BCUT2D eigenvalue weighted by Gasteiger charge is 2.23. The molecule has 0 spiro atoms. The normalized spacial score (nSPS) is 13.0. The van der Waals surface area contributed by atoms with Crippen molar-refractivity contribution in [1.29, 1.82) is 0 Å². The van der Waals surface area contributed by atoms with E-state index in [2.05, 4.69) is 10.6 Å². The summed E-state index contributed by atoms with van der Waals surface area (Å²) in [7, 11) is 1.55. The zero-order chi connectivity index (χ0) is 19.0. The predicted molar refractivity (Wildman–Crippen MR) is 100 cm³/mol. The molecule has 2 heterocycles. The van der Waals surface area contributed by atoms with E-state index in [9.17, 15) is 9.59 Å². The molecule has 27 heavy (non-hydrogen) atoms. The van der Waals surface area contributed by atoms with Crippen LogP contribution in [0.25, 0.3) is 11.0 Å². The van der Waals surface area contributed by atoms with Crippen LogP contribution in [0.15, 0.2) is 40.8 Å². The summed E-state index contributed by atoms with van der Waals surface area (Å²) < 4.78 is 16.3. The van der Waals surface area contributed by atoms with E-state index in [4.69, 9.17) is 25.5 Å². The number of hydrogen-bond donors (Lipinski definition) is 2. The molecule has 1 aliphatic rings. The van der Waals surface area contributed by atoms with Gasteiger partial charge in [-0.25, -0.2) is 0 Å². The lowest BCUT2D eigenvalue weighted by molar-refractivity contribution is -0.118. The Kier molecular flexibility index (Phi) is 4.47. The molecule has 1 aromatic heterocycles. The molecule has 8 heteroatoms. The summed E-state index contributed by atoms with van der Waals surface area (Å²) in [5.74, 6) is -0.140. The van der Waals surface area contributed by atoms with Crippen LogP contribution in [0.1, 0.15) is 16.1 Å². The summed E-state index contributed by atoms with van der Waals surface area (Å²) in [5, 5.41) is 6.47. The number of fused-ring (bicyclic) bond motifs is 2. The Morgan fingerprint density at radius 3 is 2.96 bits per heavy atom. The maximum atomic E-state index is 12.8. The van der Waals surface area contributed by atoms with Gasteiger partial charge in [-0.2, -0.15) is 0 Å². The van der Waals surface area contributed by atoms with Crippen molar-refractivity contribution < 1.29 is 23.5 Å². The van der Waals surface area contributed by atoms with E-state index in [1.54, 1.807) is 19.2 Å². The summed E-state index contributed by atoms with van der Waals surface area (Å²) in [6.07, 6.45) is 0. The fourth-order valence-corrected chi connectivity index (χ4v) is 3.16. The Hall–Kier alpha value is -3.03. The van der Waals surface area contributed by atoms with Gasteiger partial charge in [0.1, 0.15) is 11.3 Å². The van der Waals surface area contributed by atoms with Gasteiger partial charge in [0.2, 0.25) is 0 Å². The quantitative estimate of drug-likeness (QED) is 0.711. The van der Waals surface area contributed by atoms with Crippen molar-refractivity contribution >= 4 is 45.8 Å². The average molecular weight is 387 g/mol. The standard InChI is InChI=1S/C19H15ClN2O5/c1-25-8-11-10-4-2-3-5-15(10)27-18(11)19(24)22-13-7-16-14(6-12(13)20)21-17(23)9-26-16/h2-7H,8-9H2,1H3,(H,21,23)(H,22,24). The topological polar surface area (TPSA) is 89.8 Å². The van der Waals surface area contributed by atoms with Crippen molar-refractivity contribution in [3.05, 3.63) is 52.7 Å². The number of para-hydroxylation sites is 1. The number of furan rings is 1. The van der Waals surface area contributed by atoms with Gasteiger partial charge in [-0.15, -0.1) is 0 Å². The van der Waals surface area contributed by atoms with Gasteiger partial charge in [0.25, 0.3) is 11.8 Å². The molecular formula is C19H15ClN2O5. The maximum absolute atomic E-state index is 12.8. The number of benzene rings is 2. The van der Waals surface area contributed by atoms with E-state index in [1.807, 2.05) is 18.2 Å². The highest BCUT2D eigenvalue weighted by atomic mass is 35.5. The second kappa shape index (κ2) is 6.94. The number of carbonyl (C=O) groups excluding carboxylic acids is 2. The third-order valence-corrected chi connectivity index (χ3v) is 4.46. The number of rotatable bonds is 4. The van der Waals surface area contributed by atoms with Gasteiger partial charge >= 0.3 is 0 Å². The van der Waals surface area contributed by atoms with Crippen LogP contribution in [0.2, 0.25) is 5.02 Å². The third-order valence-electron chi connectivity index (χ3n) is 4.14. The fourth-order valence-electron chi connectivity index (χ4n) is 2.94. The second-order valence-corrected chi connectivity index (χ2v) is 6.37. The summed E-state index contributed by atoms with van der Waals surface area (Å²) in [6.45, 7) is 0.135. The Morgan fingerprint density at radius 1 is 1.33 bits per heavy atom. The van der Waals surface area contributed by atoms with Crippen LogP contribution in [0, 0.1) is 0 Å². The molecule has 3 aromatic rings. The van der Waals surface area contributed by atoms with E-state index < -0.39 is 5.91 Å². The Labute approximate surface area is 159 Å². The molecule has 138 valence electrons. The first-order valence-corrected chi connectivity index (χ1v) is 8.51. The van der Waals surface area contributed by atoms with Gasteiger partial charge in [-0.1, -0.05) is 29.8 Å². The molecule has 0 aliphatic carbocycles. The highest BCUT2D eigenvalue weighted by Crippen LogP contribution is 2.37. The lowest BCUT2D eigenvalue weighted by Gasteiger charge is -2.19. The van der Waals surface area contributed by atoms with Crippen molar-refractivity contribution in [3.63, 3.8) is 0 Å². The third kappa shape index (κ3) is 3.22. The summed E-state index contributed by atoms with van der Waals surface area (Å²) in [4.78, 5) is 24.2. The molecule has 0 saturated carbocycles. The Morgan fingerprint density at radius 2 is 2.15 bits per heavy atom. The number of carbonyl (C=O) groups is 2. The van der Waals surface area contributed by atoms with Gasteiger partial charge in [0.05, 0.1) is 23.0 Å².